The largest absolute Gasteiger partial charge is 0.394 e. The number of carbonyl (C=O) groups excluding carboxylic acids is 6. The predicted octanol–water partition coefficient (Wildman–Crippen LogP) is -7.06. The van der Waals surface area contributed by atoms with Gasteiger partial charge < -0.3 is 138 Å². The van der Waals surface area contributed by atoms with E-state index in [4.69, 9.17) is 59.8 Å². The highest BCUT2D eigenvalue weighted by molar-refractivity contribution is 5.78. The lowest BCUT2D eigenvalue weighted by Gasteiger charge is -2.40. The number of hydrogen-bond donors (Lipinski definition) is 18. The van der Waals surface area contributed by atoms with Gasteiger partial charge in [0.25, 0.3) is 0 Å². The zero-order valence-electron chi connectivity index (χ0n) is 51.4. The summed E-state index contributed by atoms with van der Waals surface area (Å²) < 4.78 is 50.7. The zero-order chi connectivity index (χ0) is 65.6. The molecule has 0 spiro atoms. The van der Waals surface area contributed by atoms with Gasteiger partial charge in [-0.15, -0.1) is 0 Å². The number of aliphatic hydroxyl groups excluding tert-OH is 9. The van der Waals surface area contributed by atoms with Crippen LogP contribution in [0.1, 0.15) is 103 Å². The molecular weight excluding hydrogens is 1180 g/mol. The normalized spacial score (nSPS) is 27.7. The predicted molar refractivity (Wildman–Crippen MR) is 313 cm³/mol. The van der Waals surface area contributed by atoms with Gasteiger partial charge >= 0.3 is 0 Å². The molecule has 3 aliphatic heterocycles. The summed E-state index contributed by atoms with van der Waals surface area (Å²) in [5, 5.41) is 105. The van der Waals surface area contributed by atoms with Gasteiger partial charge in [0.05, 0.1) is 77.6 Å². The Morgan fingerprint density at radius 1 is 0.360 bits per heavy atom. The van der Waals surface area contributed by atoms with Crippen molar-refractivity contribution in [3.63, 3.8) is 0 Å². The summed E-state index contributed by atoms with van der Waals surface area (Å²) in [6, 6.07) is -3.02. The first kappa shape index (κ1) is 79.2. The molecule has 0 bridgehead atoms. The van der Waals surface area contributed by atoms with E-state index >= 15 is 0 Å². The molecule has 33 nitrogen and oxygen atoms in total. The Hall–Kier alpha value is -4.02. The number of hydrogen-bond acceptors (Lipinski definition) is 27. The van der Waals surface area contributed by atoms with Crippen LogP contribution in [-0.2, 0) is 71.4 Å². The maximum atomic E-state index is 12.6. The molecule has 0 aromatic rings. The van der Waals surface area contributed by atoms with E-state index in [1.54, 1.807) is 0 Å². The Labute approximate surface area is 519 Å². The summed E-state index contributed by atoms with van der Waals surface area (Å²) >= 11 is 0. The van der Waals surface area contributed by atoms with Crippen LogP contribution < -0.4 is 49.1 Å². The highest BCUT2D eigenvalue weighted by Crippen LogP contribution is 2.24. The number of ether oxygens (including phenoxy) is 9. The number of nitrogens with two attached hydrogens (primary N) is 3. The molecule has 6 amide bonds. The Morgan fingerprint density at radius 3 is 0.831 bits per heavy atom. The average molecular weight is 1290 g/mol. The maximum absolute atomic E-state index is 12.6. The highest BCUT2D eigenvalue weighted by Gasteiger charge is 2.45. The molecule has 89 heavy (non-hydrogen) atoms. The van der Waals surface area contributed by atoms with Crippen molar-refractivity contribution in [3.8, 4) is 0 Å². The second-order valence-electron chi connectivity index (χ2n) is 22.7. The van der Waals surface area contributed by atoms with Crippen LogP contribution in [0.4, 0.5) is 0 Å². The van der Waals surface area contributed by atoms with Gasteiger partial charge in [0, 0.05) is 103 Å². The Bertz CT molecular complexity index is 1780. The van der Waals surface area contributed by atoms with Crippen LogP contribution in [0.2, 0.25) is 0 Å². The van der Waals surface area contributed by atoms with E-state index in [-0.39, 0.29) is 133 Å². The Morgan fingerprint density at radius 2 is 0.596 bits per heavy atom. The lowest BCUT2D eigenvalue weighted by atomic mass is 9.94. The van der Waals surface area contributed by atoms with E-state index in [9.17, 15) is 74.7 Å². The van der Waals surface area contributed by atoms with Gasteiger partial charge in [0.15, 0.2) is 18.9 Å². The van der Waals surface area contributed by atoms with E-state index in [0.29, 0.717) is 97.1 Å². The number of nitrogens with one attached hydrogen (secondary N) is 6. The van der Waals surface area contributed by atoms with Gasteiger partial charge in [-0.3, -0.25) is 28.8 Å². The Kier molecular flexibility index (Phi) is 40.3. The summed E-state index contributed by atoms with van der Waals surface area (Å²) in [5.41, 5.74) is 16.9. The third-order valence-corrected chi connectivity index (χ3v) is 14.8. The maximum Gasteiger partial charge on any atom is 0.222 e. The van der Waals surface area contributed by atoms with E-state index < -0.39 is 117 Å². The van der Waals surface area contributed by atoms with E-state index in [0.717, 1.165) is 0 Å². The molecule has 518 valence electrons. The first-order valence-corrected chi connectivity index (χ1v) is 31.0. The molecule has 3 heterocycles. The molecule has 0 aromatic carbocycles. The van der Waals surface area contributed by atoms with Crippen LogP contribution >= 0.6 is 0 Å². The molecule has 3 fully saturated rings. The van der Waals surface area contributed by atoms with E-state index in [1.165, 1.54) is 0 Å². The van der Waals surface area contributed by atoms with Gasteiger partial charge in [-0.25, -0.2) is 0 Å². The topological polar surface area (TPSA) is 518 Å². The molecule has 33 heteroatoms. The second-order valence-corrected chi connectivity index (χ2v) is 22.7. The minimum absolute atomic E-state index is 0.0447. The summed E-state index contributed by atoms with van der Waals surface area (Å²) in [6.45, 7) is 3.27. The first-order chi connectivity index (χ1) is 42.6. The van der Waals surface area contributed by atoms with Crippen molar-refractivity contribution in [2.24, 2.45) is 22.6 Å². The van der Waals surface area contributed by atoms with E-state index in [1.807, 2.05) is 6.92 Å². The fourth-order valence-electron chi connectivity index (χ4n) is 9.26. The van der Waals surface area contributed by atoms with Crippen LogP contribution in [0, 0.1) is 5.41 Å². The van der Waals surface area contributed by atoms with Gasteiger partial charge in [-0.2, -0.15) is 0 Å². The van der Waals surface area contributed by atoms with Gasteiger partial charge in [-0.05, 0) is 57.8 Å². The van der Waals surface area contributed by atoms with Crippen LogP contribution in [0.5, 0.6) is 0 Å². The van der Waals surface area contributed by atoms with E-state index in [2.05, 4.69) is 31.9 Å². The fourth-order valence-corrected chi connectivity index (χ4v) is 9.26. The molecule has 0 radical (unpaired) electrons. The number of carbonyl (C=O) groups is 6. The molecule has 0 saturated carbocycles. The highest BCUT2D eigenvalue weighted by atomic mass is 16.7. The van der Waals surface area contributed by atoms with Crippen LogP contribution in [-0.4, -0.2) is 292 Å². The second kappa shape index (κ2) is 45.3. The lowest BCUT2D eigenvalue weighted by molar-refractivity contribution is -0.265. The molecule has 3 saturated heterocycles. The third-order valence-electron chi connectivity index (χ3n) is 14.8. The fraction of sp³-hybridized carbons (Fsp3) is 0.893. The standard InChI is InChI=1S/C56H105N9O24/c1-56(32-81-26-14-41(72)63-20-8-17-60-38(69)11-2-5-23-84-53-44(57)50(78)47(75)35(29-66)87-53,33-82-27-15-42(73)64-21-9-18-61-39(70)12-3-6-24-85-54-45(58)51(79)48(76)36(30-67)88-54)34-83-28-16-43(74)65-22-10-19-62-40(71)13-4-7-25-86-55-46(59)52(80)49(77)37(31-68)89-55/h35-37,44-55,66-68,75-80H,2-34,57-59H2,1H3,(H,60,69)(H,61,70)(H,62,71)(H,63,72)(H,64,73)(H,65,74). The van der Waals surface area contributed by atoms with Crippen LogP contribution in [0.25, 0.3) is 0 Å². The summed E-state index contributed by atoms with van der Waals surface area (Å²) in [6.07, 6.45) is -8.95. The molecule has 21 N–H and O–H groups in total. The molecule has 3 aliphatic rings. The minimum Gasteiger partial charge on any atom is -0.394 e. The van der Waals surface area contributed by atoms with Gasteiger partial charge in [0.2, 0.25) is 35.4 Å². The van der Waals surface area contributed by atoms with Crippen LogP contribution in [0.15, 0.2) is 0 Å². The first-order valence-electron chi connectivity index (χ1n) is 31.0. The molecule has 0 aromatic heterocycles. The lowest BCUT2D eigenvalue weighted by Crippen LogP contribution is -2.62. The van der Waals surface area contributed by atoms with Crippen molar-refractivity contribution in [1.29, 1.82) is 0 Å². The molecule has 15 unspecified atom stereocenters. The number of rotatable bonds is 48. The Balaban J connectivity index is 1.29. The average Bonchev–Trinajstić information content (AvgIpc) is 2.00. The molecule has 0 aliphatic carbocycles. The minimum atomic E-state index is -1.34. The summed E-state index contributed by atoms with van der Waals surface area (Å²) in [4.78, 5) is 74.8. The van der Waals surface area contributed by atoms with Crippen molar-refractivity contribution in [2.75, 3.05) is 119 Å². The smallest absolute Gasteiger partial charge is 0.222 e. The number of aliphatic hydroxyl groups is 9. The van der Waals surface area contributed by atoms with Crippen molar-refractivity contribution >= 4 is 35.4 Å². The van der Waals surface area contributed by atoms with Gasteiger partial charge in [0.1, 0.15) is 54.9 Å². The number of unbranched alkanes of at least 4 members (excludes halogenated alkanes) is 3. The number of amides is 6. The van der Waals surface area contributed by atoms with Crippen LogP contribution in [0.3, 0.4) is 0 Å². The summed E-state index contributed by atoms with van der Waals surface area (Å²) in [5.74, 6) is -1.33. The van der Waals surface area contributed by atoms with Crippen molar-refractivity contribution in [1.82, 2.24) is 31.9 Å². The zero-order valence-corrected chi connectivity index (χ0v) is 51.4. The van der Waals surface area contributed by atoms with Crippen molar-refractivity contribution < 1.29 is 117 Å². The molecular formula is C56H105N9O24. The quantitative estimate of drug-likeness (QED) is 0.0252. The summed E-state index contributed by atoms with van der Waals surface area (Å²) in [7, 11) is 0. The molecule has 15 atom stereocenters. The third kappa shape index (κ3) is 31.4. The monoisotopic (exact) mass is 1290 g/mol. The van der Waals surface area contributed by atoms with Gasteiger partial charge in [-0.1, -0.05) is 6.92 Å². The molecule has 3 rings (SSSR count). The SMILES string of the molecule is CC(COCCC(=O)NCCCNC(=O)CCCCOC1OC(CO)C(O)C(O)C1N)(COCCC(=O)NCCCNC(=O)CCCCOC1OC(CO)C(O)C(O)C1N)COCCC(=O)NCCCNC(=O)CCCCOC1OC(CO)C(O)C(O)C1N. The van der Waals surface area contributed by atoms with Crippen molar-refractivity contribution in [2.45, 2.75) is 195 Å². The van der Waals surface area contributed by atoms with Crippen molar-refractivity contribution in [3.05, 3.63) is 0 Å².